The summed E-state index contributed by atoms with van der Waals surface area (Å²) in [5, 5.41) is 8.44. The highest BCUT2D eigenvalue weighted by molar-refractivity contribution is 5.13. The van der Waals surface area contributed by atoms with Gasteiger partial charge in [-0.15, -0.1) is 0 Å². The maximum absolute atomic E-state index is 8.44. The molecule has 0 radical (unpaired) electrons. The minimum absolute atomic E-state index is 0.0281. The third-order valence-corrected chi connectivity index (χ3v) is 1.25. The van der Waals surface area contributed by atoms with Gasteiger partial charge in [0.2, 0.25) is 0 Å². The first kappa shape index (κ1) is 6.60. The van der Waals surface area contributed by atoms with Gasteiger partial charge in [0.15, 0.2) is 0 Å². The van der Waals surface area contributed by atoms with Crippen molar-refractivity contribution < 1.29 is 5.11 Å². The average molecular weight is 125 g/mol. The van der Waals surface area contributed by atoms with Gasteiger partial charge in [0, 0.05) is 5.92 Å². The lowest BCUT2D eigenvalue weighted by molar-refractivity contribution is 0.287. The van der Waals surface area contributed by atoms with Gasteiger partial charge in [0.1, 0.15) is 0 Å². The summed E-state index contributed by atoms with van der Waals surface area (Å²) >= 11 is 0. The van der Waals surface area contributed by atoms with Gasteiger partial charge >= 0.3 is 0 Å². The molecule has 0 heterocycles. The maximum Gasteiger partial charge on any atom is 0.0899 e. The molecule has 1 saturated carbocycles. The number of hydrogen-bond donors (Lipinski definition) is 2. The Hall–Kier alpha value is -0.520. The predicted octanol–water partition coefficient (Wildman–Crippen LogP) is -0.281. The lowest BCUT2D eigenvalue weighted by Crippen LogP contribution is -2.21. The molecule has 0 aromatic carbocycles. The molecule has 1 atom stereocenters. The zero-order chi connectivity index (χ0) is 6.69. The van der Waals surface area contributed by atoms with Crippen molar-refractivity contribution >= 4 is 0 Å². The molecule has 3 N–H and O–H groups in total. The molecule has 1 fully saturated rings. The van der Waals surface area contributed by atoms with Crippen molar-refractivity contribution in [3.05, 3.63) is 0 Å². The molecule has 1 aliphatic carbocycles. The first-order chi connectivity index (χ1) is 4.33. The second-order valence-electron chi connectivity index (χ2n) is 2.35. The van der Waals surface area contributed by atoms with Crippen molar-refractivity contribution in [1.82, 2.24) is 0 Å². The lowest BCUT2D eigenvalue weighted by Gasteiger charge is -1.93. The summed E-state index contributed by atoms with van der Waals surface area (Å²) in [6.45, 7) is -0.0281. The van der Waals surface area contributed by atoms with Crippen LogP contribution in [0.15, 0.2) is 0 Å². The molecule has 0 amide bonds. The van der Waals surface area contributed by atoms with Crippen LogP contribution in [0.2, 0.25) is 0 Å². The second-order valence-corrected chi connectivity index (χ2v) is 2.35. The normalized spacial score (nSPS) is 20.2. The summed E-state index contributed by atoms with van der Waals surface area (Å²) in [6, 6.07) is -0.328. The van der Waals surface area contributed by atoms with Gasteiger partial charge in [-0.1, -0.05) is 11.8 Å². The minimum atomic E-state index is -0.328. The highest BCUT2D eigenvalue weighted by atomic mass is 16.3. The summed E-state index contributed by atoms with van der Waals surface area (Å²) in [6.07, 6.45) is 2.43. The number of nitrogens with two attached hydrogens (primary N) is 1. The second kappa shape index (κ2) is 2.86. The quantitative estimate of drug-likeness (QED) is 0.473. The van der Waals surface area contributed by atoms with Gasteiger partial charge in [0.05, 0.1) is 12.6 Å². The maximum atomic E-state index is 8.44. The fourth-order valence-electron chi connectivity index (χ4n) is 0.498. The smallest absolute Gasteiger partial charge is 0.0899 e. The Balaban J connectivity index is 2.21. The van der Waals surface area contributed by atoms with Crippen molar-refractivity contribution in [2.75, 3.05) is 6.61 Å². The van der Waals surface area contributed by atoms with Crippen molar-refractivity contribution in [2.45, 2.75) is 18.9 Å². The molecule has 0 aliphatic heterocycles. The third kappa shape index (κ3) is 2.50. The topological polar surface area (TPSA) is 46.2 Å². The fourth-order valence-corrected chi connectivity index (χ4v) is 0.498. The zero-order valence-corrected chi connectivity index (χ0v) is 5.30. The van der Waals surface area contributed by atoms with E-state index in [0.29, 0.717) is 5.92 Å². The Labute approximate surface area is 55.1 Å². The van der Waals surface area contributed by atoms with Gasteiger partial charge in [-0.3, -0.25) is 0 Å². The van der Waals surface area contributed by atoms with Crippen molar-refractivity contribution in [1.29, 1.82) is 0 Å². The number of rotatable bonds is 1. The molecular formula is C7H11NO. The predicted molar refractivity (Wildman–Crippen MR) is 35.6 cm³/mol. The Bertz CT molecular complexity index is 141. The van der Waals surface area contributed by atoms with Crippen molar-refractivity contribution in [2.24, 2.45) is 11.7 Å². The minimum Gasteiger partial charge on any atom is -0.394 e. The van der Waals surface area contributed by atoms with Crippen LogP contribution in [0.1, 0.15) is 12.8 Å². The number of hydrogen-bond acceptors (Lipinski definition) is 2. The van der Waals surface area contributed by atoms with E-state index in [2.05, 4.69) is 11.8 Å². The molecule has 1 rings (SSSR count). The Morgan fingerprint density at radius 1 is 1.67 bits per heavy atom. The largest absolute Gasteiger partial charge is 0.394 e. The van der Waals surface area contributed by atoms with E-state index in [0.717, 1.165) is 0 Å². The van der Waals surface area contributed by atoms with Crippen LogP contribution in [0, 0.1) is 17.8 Å². The van der Waals surface area contributed by atoms with E-state index in [4.69, 9.17) is 10.8 Å². The van der Waals surface area contributed by atoms with Gasteiger partial charge in [-0.05, 0) is 12.8 Å². The third-order valence-electron chi connectivity index (χ3n) is 1.25. The molecule has 2 nitrogen and oxygen atoms in total. The van der Waals surface area contributed by atoms with Crippen LogP contribution in [-0.2, 0) is 0 Å². The van der Waals surface area contributed by atoms with Crippen LogP contribution in [-0.4, -0.2) is 17.8 Å². The Morgan fingerprint density at radius 2 is 2.33 bits per heavy atom. The van der Waals surface area contributed by atoms with E-state index in [1.165, 1.54) is 12.8 Å². The van der Waals surface area contributed by atoms with Crippen LogP contribution in [0.3, 0.4) is 0 Å². The van der Waals surface area contributed by atoms with Crippen LogP contribution in [0.25, 0.3) is 0 Å². The molecule has 2 heteroatoms. The summed E-state index contributed by atoms with van der Waals surface area (Å²) in [5.74, 6) is 6.33. The van der Waals surface area contributed by atoms with Gasteiger partial charge in [0.25, 0.3) is 0 Å². The van der Waals surface area contributed by atoms with Gasteiger partial charge < -0.3 is 10.8 Å². The number of aliphatic hydroxyl groups excluding tert-OH is 1. The summed E-state index contributed by atoms with van der Waals surface area (Å²) < 4.78 is 0. The van der Waals surface area contributed by atoms with E-state index >= 15 is 0 Å². The number of aliphatic hydroxyl groups is 1. The molecule has 9 heavy (non-hydrogen) atoms. The van der Waals surface area contributed by atoms with Crippen LogP contribution in [0.5, 0.6) is 0 Å². The standard InChI is InChI=1S/C7H11NO/c8-7(5-9)4-3-6-1-2-6/h6-7,9H,1-2,5,8H2/t7-/m0/s1. The fraction of sp³-hybridized carbons (Fsp3) is 0.714. The summed E-state index contributed by atoms with van der Waals surface area (Å²) in [5.41, 5.74) is 5.33. The Kier molecular flexibility index (Phi) is 2.10. The molecule has 1 aliphatic rings. The van der Waals surface area contributed by atoms with E-state index in [1.807, 2.05) is 0 Å². The SMILES string of the molecule is N[C@@H](C#CC1CC1)CO. The molecule has 0 aromatic heterocycles. The molecule has 0 spiro atoms. The van der Waals surface area contributed by atoms with Gasteiger partial charge in [-0.2, -0.15) is 0 Å². The molecule has 0 saturated heterocycles. The van der Waals surface area contributed by atoms with Gasteiger partial charge in [-0.25, -0.2) is 0 Å². The van der Waals surface area contributed by atoms with E-state index < -0.39 is 0 Å². The highest BCUT2D eigenvalue weighted by Crippen LogP contribution is 2.27. The first-order valence-corrected chi connectivity index (χ1v) is 3.20. The summed E-state index contributed by atoms with van der Waals surface area (Å²) in [7, 11) is 0. The van der Waals surface area contributed by atoms with Crippen molar-refractivity contribution in [3.63, 3.8) is 0 Å². The molecule has 50 valence electrons. The first-order valence-electron chi connectivity index (χ1n) is 3.20. The van der Waals surface area contributed by atoms with E-state index in [1.54, 1.807) is 0 Å². The monoisotopic (exact) mass is 125 g/mol. The molecular weight excluding hydrogens is 114 g/mol. The van der Waals surface area contributed by atoms with Crippen LogP contribution >= 0.6 is 0 Å². The van der Waals surface area contributed by atoms with E-state index in [-0.39, 0.29) is 12.6 Å². The average Bonchev–Trinajstić information content (AvgIpc) is 2.65. The van der Waals surface area contributed by atoms with Crippen LogP contribution in [0.4, 0.5) is 0 Å². The van der Waals surface area contributed by atoms with E-state index in [9.17, 15) is 0 Å². The molecule has 0 unspecified atom stereocenters. The lowest BCUT2D eigenvalue weighted by atomic mass is 10.3. The Morgan fingerprint density at radius 3 is 2.78 bits per heavy atom. The highest BCUT2D eigenvalue weighted by Gasteiger charge is 2.17. The zero-order valence-electron chi connectivity index (χ0n) is 5.30. The van der Waals surface area contributed by atoms with Crippen molar-refractivity contribution in [3.8, 4) is 11.8 Å². The summed E-state index contributed by atoms with van der Waals surface area (Å²) in [4.78, 5) is 0. The molecule has 0 bridgehead atoms. The van der Waals surface area contributed by atoms with Crippen LogP contribution < -0.4 is 5.73 Å². The molecule has 0 aromatic rings.